The van der Waals surface area contributed by atoms with Gasteiger partial charge in [-0.05, 0) is 6.42 Å². The highest BCUT2D eigenvalue weighted by Crippen LogP contribution is 2.15. The van der Waals surface area contributed by atoms with Crippen molar-refractivity contribution in [3.8, 4) is 0 Å². The quantitative estimate of drug-likeness (QED) is 0.102. The van der Waals surface area contributed by atoms with Gasteiger partial charge in [-0.3, -0.25) is 0 Å². The van der Waals surface area contributed by atoms with Crippen molar-refractivity contribution in [2.75, 3.05) is 13.2 Å². The normalized spacial score (nSPS) is 11.2. The Bertz CT molecular complexity index is 286. The lowest BCUT2D eigenvalue weighted by atomic mass is 10.0. The highest BCUT2D eigenvalue weighted by atomic mass is 16.5. The molecule has 0 bridgehead atoms. The molecular formula is C28H56O. The topological polar surface area (TPSA) is 9.23 Å². The molecular weight excluding hydrogens is 352 g/mol. The third-order valence-electron chi connectivity index (χ3n) is 6.13. The molecule has 1 heteroatoms. The van der Waals surface area contributed by atoms with E-state index in [0.717, 1.165) is 6.61 Å². The lowest BCUT2D eigenvalue weighted by molar-refractivity contribution is 0.157. The van der Waals surface area contributed by atoms with Crippen LogP contribution in [-0.2, 0) is 4.74 Å². The first kappa shape index (κ1) is 28.7. The molecule has 1 nitrogen and oxygen atoms in total. The zero-order valence-corrected chi connectivity index (χ0v) is 20.4. The Kier molecular flexibility index (Phi) is 27.4. The average Bonchev–Trinajstić information content (AvgIpc) is 2.74. The van der Waals surface area contributed by atoms with E-state index in [-0.39, 0.29) is 0 Å². The molecule has 0 fully saturated rings. The van der Waals surface area contributed by atoms with E-state index in [1.165, 1.54) is 148 Å². The predicted octanol–water partition coefficient (Wildman–Crippen LogP) is 10.2. The van der Waals surface area contributed by atoms with Crippen LogP contribution in [0.15, 0.2) is 12.7 Å². The summed E-state index contributed by atoms with van der Waals surface area (Å²) in [5.74, 6) is 0. The lowest BCUT2D eigenvalue weighted by Crippen LogP contribution is -1.93. The maximum Gasteiger partial charge on any atom is 0.0644 e. The molecule has 0 heterocycles. The standard InChI is InChI=1S/C28H56O/c1-3-5-6-7-8-9-10-11-12-13-14-15-16-17-18-19-20-21-22-23-24-25-26-28-29-27-4-2/h4H,2-3,5-28H2,1H3. The van der Waals surface area contributed by atoms with Crippen molar-refractivity contribution < 1.29 is 4.74 Å². The van der Waals surface area contributed by atoms with E-state index >= 15 is 0 Å². The van der Waals surface area contributed by atoms with Crippen LogP contribution in [0.25, 0.3) is 0 Å². The number of ether oxygens (including phenoxy) is 1. The third kappa shape index (κ3) is 27.7. The molecule has 0 amide bonds. The molecule has 0 saturated heterocycles. The third-order valence-corrected chi connectivity index (χ3v) is 6.13. The van der Waals surface area contributed by atoms with E-state index in [0.29, 0.717) is 6.61 Å². The Morgan fingerprint density at radius 2 is 0.724 bits per heavy atom. The fourth-order valence-corrected chi connectivity index (χ4v) is 4.16. The van der Waals surface area contributed by atoms with Gasteiger partial charge in [0.15, 0.2) is 0 Å². The molecule has 0 aromatic rings. The van der Waals surface area contributed by atoms with E-state index in [1.807, 2.05) is 6.08 Å². The van der Waals surface area contributed by atoms with Gasteiger partial charge in [0.2, 0.25) is 0 Å². The van der Waals surface area contributed by atoms with Gasteiger partial charge in [0.1, 0.15) is 0 Å². The maximum absolute atomic E-state index is 5.41. The van der Waals surface area contributed by atoms with Crippen molar-refractivity contribution in [1.82, 2.24) is 0 Å². The van der Waals surface area contributed by atoms with Gasteiger partial charge in [-0.25, -0.2) is 0 Å². The SMILES string of the molecule is C=CCOCCCCCCCCCCCCCCCCCCCCCCCCC. The van der Waals surface area contributed by atoms with Gasteiger partial charge in [0, 0.05) is 6.61 Å². The smallest absolute Gasteiger partial charge is 0.0644 e. The molecule has 0 aliphatic rings. The summed E-state index contributed by atoms with van der Waals surface area (Å²) in [7, 11) is 0. The molecule has 0 radical (unpaired) electrons. The van der Waals surface area contributed by atoms with Gasteiger partial charge in [0.05, 0.1) is 6.61 Å². The molecule has 0 saturated carbocycles. The molecule has 0 rings (SSSR count). The largest absolute Gasteiger partial charge is 0.377 e. The zero-order valence-electron chi connectivity index (χ0n) is 20.4. The predicted molar refractivity (Wildman–Crippen MR) is 133 cm³/mol. The Balaban J connectivity index is 2.97. The van der Waals surface area contributed by atoms with Crippen LogP contribution in [0.2, 0.25) is 0 Å². The summed E-state index contributed by atoms with van der Waals surface area (Å²) in [6.07, 6.45) is 35.0. The Morgan fingerprint density at radius 1 is 0.448 bits per heavy atom. The summed E-state index contributed by atoms with van der Waals surface area (Å²) in [6, 6.07) is 0. The van der Waals surface area contributed by atoms with Crippen LogP contribution in [-0.4, -0.2) is 13.2 Å². The average molecular weight is 409 g/mol. The van der Waals surface area contributed by atoms with Crippen molar-refractivity contribution in [3.63, 3.8) is 0 Å². The second-order valence-electron chi connectivity index (χ2n) is 9.14. The Hall–Kier alpha value is -0.300. The first-order chi connectivity index (χ1) is 14.4. The number of hydrogen-bond acceptors (Lipinski definition) is 1. The van der Waals surface area contributed by atoms with Gasteiger partial charge >= 0.3 is 0 Å². The minimum absolute atomic E-state index is 0.708. The monoisotopic (exact) mass is 408 g/mol. The highest BCUT2D eigenvalue weighted by Gasteiger charge is 1.96. The summed E-state index contributed by atoms with van der Waals surface area (Å²) >= 11 is 0. The number of unbranched alkanes of at least 4 members (excludes halogenated alkanes) is 22. The second kappa shape index (κ2) is 27.7. The van der Waals surface area contributed by atoms with Crippen molar-refractivity contribution in [2.24, 2.45) is 0 Å². The van der Waals surface area contributed by atoms with Gasteiger partial charge in [-0.1, -0.05) is 154 Å². The summed E-state index contributed by atoms with van der Waals surface area (Å²) in [5.41, 5.74) is 0. The van der Waals surface area contributed by atoms with Crippen molar-refractivity contribution >= 4 is 0 Å². The molecule has 0 aromatic carbocycles. The molecule has 0 spiro atoms. The molecule has 0 atom stereocenters. The summed E-state index contributed by atoms with van der Waals surface area (Å²) in [4.78, 5) is 0. The van der Waals surface area contributed by atoms with E-state index in [2.05, 4.69) is 13.5 Å². The van der Waals surface area contributed by atoms with Crippen LogP contribution in [0, 0.1) is 0 Å². The van der Waals surface area contributed by atoms with Gasteiger partial charge in [0.25, 0.3) is 0 Å². The van der Waals surface area contributed by atoms with Crippen LogP contribution < -0.4 is 0 Å². The fourth-order valence-electron chi connectivity index (χ4n) is 4.16. The summed E-state index contributed by atoms with van der Waals surface area (Å²) in [5, 5.41) is 0. The van der Waals surface area contributed by atoms with Crippen molar-refractivity contribution in [1.29, 1.82) is 0 Å². The second-order valence-corrected chi connectivity index (χ2v) is 9.14. The van der Waals surface area contributed by atoms with E-state index in [1.54, 1.807) is 0 Å². The van der Waals surface area contributed by atoms with Crippen LogP contribution in [0.1, 0.15) is 155 Å². The van der Waals surface area contributed by atoms with Gasteiger partial charge < -0.3 is 4.74 Å². The molecule has 0 aliphatic heterocycles. The van der Waals surface area contributed by atoms with Gasteiger partial charge in [-0.15, -0.1) is 6.58 Å². The molecule has 0 aromatic heterocycles. The first-order valence-corrected chi connectivity index (χ1v) is 13.6. The highest BCUT2D eigenvalue weighted by molar-refractivity contribution is 4.63. The molecule has 0 unspecified atom stereocenters. The molecule has 0 aliphatic carbocycles. The van der Waals surface area contributed by atoms with Crippen LogP contribution in [0.4, 0.5) is 0 Å². The minimum Gasteiger partial charge on any atom is -0.377 e. The van der Waals surface area contributed by atoms with Crippen molar-refractivity contribution in [3.05, 3.63) is 12.7 Å². The number of hydrogen-bond donors (Lipinski definition) is 0. The van der Waals surface area contributed by atoms with E-state index in [4.69, 9.17) is 4.74 Å². The maximum atomic E-state index is 5.41. The minimum atomic E-state index is 0.708. The van der Waals surface area contributed by atoms with Crippen LogP contribution in [0.5, 0.6) is 0 Å². The molecule has 174 valence electrons. The fraction of sp³-hybridized carbons (Fsp3) is 0.929. The molecule has 0 N–H and O–H groups in total. The van der Waals surface area contributed by atoms with E-state index < -0.39 is 0 Å². The first-order valence-electron chi connectivity index (χ1n) is 13.6. The van der Waals surface area contributed by atoms with Crippen LogP contribution >= 0.6 is 0 Å². The Labute approximate surface area is 185 Å². The lowest BCUT2D eigenvalue weighted by Gasteiger charge is -2.04. The van der Waals surface area contributed by atoms with Crippen molar-refractivity contribution in [2.45, 2.75) is 155 Å². The summed E-state index contributed by atoms with van der Waals surface area (Å²) in [6.45, 7) is 7.58. The van der Waals surface area contributed by atoms with Crippen LogP contribution in [0.3, 0.4) is 0 Å². The number of rotatable bonds is 26. The molecule has 29 heavy (non-hydrogen) atoms. The van der Waals surface area contributed by atoms with E-state index in [9.17, 15) is 0 Å². The Morgan fingerprint density at radius 3 is 1.00 bits per heavy atom. The van der Waals surface area contributed by atoms with Gasteiger partial charge in [-0.2, -0.15) is 0 Å². The summed E-state index contributed by atoms with van der Waals surface area (Å²) < 4.78 is 5.41. The zero-order chi connectivity index (χ0) is 21.1.